The molecule has 0 unspecified atom stereocenters. The fraction of sp³-hybridized carbons (Fsp3) is 0.143. The van der Waals surface area contributed by atoms with Crippen LogP contribution in [0.25, 0.3) is 6.08 Å². The van der Waals surface area contributed by atoms with Crippen molar-refractivity contribution >= 4 is 23.7 Å². The van der Waals surface area contributed by atoms with Crippen LogP contribution in [0.2, 0.25) is 0 Å². The van der Waals surface area contributed by atoms with Crippen molar-refractivity contribution in [1.29, 1.82) is 0 Å². The Hall–Kier alpha value is -1.81. The first kappa shape index (κ1) is 11.3. The molecule has 1 aliphatic heterocycles. The number of nitrogens with zero attached hydrogens (tertiary/aromatic N) is 3. The standard InChI is InChI=1S/C14H13N3S/c1-2-11-10-13-14(16-9-8-15-13)18-17(11)12-6-4-3-5-7-12/h3-10H,2H2,1H3. The number of hydrogen-bond donors (Lipinski definition) is 0. The van der Waals surface area contributed by atoms with Gasteiger partial charge < -0.3 is 0 Å². The normalized spacial score (nSPS) is 14.1. The zero-order valence-corrected chi connectivity index (χ0v) is 10.9. The first-order valence-electron chi connectivity index (χ1n) is 5.93. The number of anilines is 1. The van der Waals surface area contributed by atoms with Gasteiger partial charge in [0.25, 0.3) is 0 Å². The SMILES string of the molecule is CCC1=Cc2nccnc2SN1c1ccccc1. The van der Waals surface area contributed by atoms with Gasteiger partial charge in [0.1, 0.15) is 5.03 Å². The van der Waals surface area contributed by atoms with E-state index in [1.807, 2.05) is 6.07 Å². The molecule has 4 heteroatoms. The van der Waals surface area contributed by atoms with Crippen molar-refractivity contribution < 1.29 is 0 Å². The van der Waals surface area contributed by atoms with E-state index in [0.717, 1.165) is 17.1 Å². The molecule has 1 aromatic carbocycles. The first-order chi connectivity index (χ1) is 8.88. The maximum absolute atomic E-state index is 4.38. The Morgan fingerprint density at radius 3 is 2.67 bits per heavy atom. The van der Waals surface area contributed by atoms with Crippen molar-refractivity contribution in [3.63, 3.8) is 0 Å². The van der Waals surface area contributed by atoms with E-state index < -0.39 is 0 Å². The summed E-state index contributed by atoms with van der Waals surface area (Å²) in [6.45, 7) is 2.16. The van der Waals surface area contributed by atoms with E-state index in [0.29, 0.717) is 0 Å². The molecule has 0 bridgehead atoms. The number of benzene rings is 1. The van der Waals surface area contributed by atoms with Crippen molar-refractivity contribution in [1.82, 2.24) is 9.97 Å². The summed E-state index contributed by atoms with van der Waals surface area (Å²) in [5, 5.41) is 0.957. The Morgan fingerprint density at radius 1 is 1.11 bits per heavy atom. The lowest BCUT2D eigenvalue weighted by Gasteiger charge is -2.28. The van der Waals surface area contributed by atoms with Gasteiger partial charge in [-0.25, -0.2) is 4.98 Å². The Kier molecular flexibility index (Phi) is 3.02. The molecule has 0 amide bonds. The summed E-state index contributed by atoms with van der Waals surface area (Å²) < 4.78 is 2.22. The van der Waals surface area contributed by atoms with Gasteiger partial charge in [0.05, 0.1) is 11.4 Å². The molecule has 0 aliphatic carbocycles. The van der Waals surface area contributed by atoms with Crippen LogP contribution < -0.4 is 4.31 Å². The molecule has 3 rings (SSSR count). The predicted octanol–water partition coefficient (Wildman–Crippen LogP) is 3.75. The van der Waals surface area contributed by atoms with E-state index >= 15 is 0 Å². The molecule has 0 radical (unpaired) electrons. The number of hydrogen-bond acceptors (Lipinski definition) is 4. The third-order valence-electron chi connectivity index (χ3n) is 2.79. The summed E-state index contributed by atoms with van der Waals surface area (Å²) in [6.07, 6.45) is 6.56. The lowest BCUT2D eigenvalue weighted by Crippen LogP contribution is -2.17. The van der Waals surface area contributed by atoms with Crippen LogP contribution in [0.15, 0.2) is 53.4 Å². The third-order valence-corrected chi connectivity index (χ3v) is 3.90. The second-order valence-electron chi connectivity index (χ2n) is 3.96. The number of fused-ring (bicyclic) bond motifs is 1. The molecule has 1 aliphatic rings. The van der Waals surface area contributed by atoms with Gasteiger partial charge in [0.2, 0.25) is 0 Å². The molecule has 1 aromatic heterocycles. The lowest BCUT2D eigenvalue weighted by molar-refractivity contribution is 0.993. The summed E-state index contributed by atoms with van der Waals surface area (Å²) in [5.41, 5.74) is 3.39. The summed E-state index contributed by atoms with van der Waals surface area (Å²) >= 11 is 1.63. The molecule has 0 atom stereocenters. The Balaban J connectivity index is 2.04. The van der Waals surface area contributed by atoms with E-state index in [2.05, 4.69) is 51.5 Å². The van der Waals surface area contributed by atoms with Crippen LogP contribution >= 0.6 is 11.9 Å². The molecule has 0 spiro atoms. The topological polar surface area (TPSA) is 29.0 Å². The fourth-order valence-corrected chi connectivity index (χ4v) is 2.91. The van der Waals surface area contributed by atoms with Gasteiger partial charge in [-0.05, 0) is 24.6 Å². The van der Waals surface area contributed by atoms with Crippen molar-refractivity contribution in [2.24, 2.45) is 0 Å². The molecular formula is C14H13N3S. The van der Waals surface area contributed by atoms with Crippen molar-refractivity contribution in [3.8, 4) is 0 Å². The fourth-order valence-electron chi connectivity index (χ4n) is 1.89. The zero-order valence-electron chi connectivity index (χ0n) is 10.1. The second-order valence-corrected chi connectivity index (χ2v) is 4.89. The summed E-state index contributed by atoms with van der Waals surface area (Å²) in [7, 11) is 0. The highest BCUT2D eigenvalue weighted by molar-refractivity contribution is 8.00. The largest absolute Gasteiger partial charge is 0.283 e. The van der Waals surface area contributed by atoms with Crippen molar-refractivity contribution in [2.75, 3.05) is 4.31 Å². The van der Waals surface area contributed by atoms with Gasteiger partial charge in [-0.3, -0.25) is 9.29 Å². The molecule has 0 N–H and O–H groups in total. The maximum atomic E-state index is 4.38. The minimum absolute atomic E-state index is 0.957. The van der Waals surface area contributed by atoms with Crippen LogP contribution in [0, 0.1) is 0 Å². The Labute approximate surface area is 111 Å². The van der Waals surface area contributed by atoms with Crippen LogP contribution in [-0.4, -0.2) is 9.97 Å². The van der Waals surface area contributed by atoms with E-state index in [1.165, 1.54) is 11.4 Å². The quantitative estimate of drug-likeness (QED) is 0.764. The summed E-state index contributed by atoms with van der Waals surface area (Å²) in [6, 6.07) is 10.3. The highest BCUT2D eigenvalue weighted by Gasteiger charge is 2.20. The molecule has 3 nitrogen and oxygen atoms in total. The molecular weight excluding hydrogens is 242 g/mol. The smallest absolute Gasteiger partial charge is 0.143 e. The molecule has 18 heavy (non-hydrogen) atoms. The van der Waals surface area contributed by atoms with Crippen LogP contribution in [0.1, 0.15) is 19.0 Å². The Morgan fingerprint density at radius 2 is 1.89 bits per heavy atom. The van der Waals surface area contributed by atoms with Gasteiger partial charge in [0, 0.05) is 30.0 Å². The molecule has 0 fully saturated rings. The van der Waals surface area contributed by atoms with Gasteiger partial charge in [-0.1, -0.05) is 25.1 Å². The highest BCUT2D eigenvalue weighted by Crippen LogP contribution is 2.38. The van der Waals surface area contributed by atoms with Gasteiger partial charge in [0.15, 0.2) is 0 Å². The van der Waals surface area contributed by atoms with Gasteiger partial charge in [-0.2, -0.15) is 0 Å². The molecule has 0 saturated heterocycles. The molecule has 90 valence electrons. The Bertz CT molecular complexity index is 581. The summed E-state index contributed by atoms with van der Waals surface area (Å²) in [5.74, 6) is 0. The van der Waals surface area contributed by atoms with Crippen LogP contribution in [-0.2, 0) is 0 Å². The monoisotopic (exact) mass is 255 g/mol. The van der Waals surface area contributed by atoms with Gasteiger partial charge in [-0.15, -0.1) is 0 Å². The van der Waals surface area contributed by atoms with E-state index in [4.69, 9.17) is 0 Å². The first-order valence-corrected chi connectivity index (χ1v) is 6.70. The van der Waals surface area contributed by atoms with Crippen molar-refractivity contribution in [3.05, 3.63) is 54.1 Å². The predicted molar refractivity (Wildman–Crippen MR) is 75.1 cm³/mol. The number of allylic oxidation sites excluding steroid dienone is 1. The number of aromatic nitrogens is 2. The average molecular weight is 255 g/mol. The van der Waals surface area contributed by atoms with Crippen LogP contribution in [0.5, 0.6) is 0 Å². The van der Waals surface area contributed by atoms with Gasteiger partial charge >= 0.3 is 0 Å². The maximum Gasteiger partial charge on any atom is 0.143 e. The molecule has 0 saturated carbocycles. The minimum Gasteiger partial charge on any atom is -0.283 e. The molecule has 2 heterocycles. The second kappa shape index (κ2) is 4.82. The number of para-hydroxylation sites is 1. The van der Waals surface area contributed by atoms with Crippen LogP contribution in [0.4, 0.5) is 5.69 Å². The average Bonchev–Trinajstić information content (AvgIpc) is 2.46. The third kappa shape index (κ3) is 1.99. The highest BCUT2D eigenvalue weighted by atomic mass is 32.2. The summed E-state index contributed by atoms with van der Waals surface area (Å²) in [4.78, 5) is 8.74. The molecule has 2 aromatic rings. The van der Waals surface area contributed by atoms with Crippen LogP contribution in [0.3, 0.4) is 0 Å². The zero-order chi connectivity index (χ0) is 12.4. The minimum atomic E-state index is 0.957. The van der Waals surface area contributed by atoms with E-state index in [9.17, 15) is 0 Å². The number of rotatable bonds is 2. The van der Waals surface area contributed by atoms with E-state index in [1.54, 1.807) is 24.3 Å². The van der Waals surface area contributed by atoms with Crippen molar-refractivity contribution in [2.45, 2.75) is 18.4 Å². The lowest BCUT2D eigenvalue weighted by atomic mass is 10.2. The van der Waals surface area contributed by atoms with E-state index in [-0.39, 0.29) is 0 Å².